The maximum absolute atomic E-state index is 11.7. The summed E-state index contributed by atoms with van der Waals surface area (Å²) in [6.45, 7) is 2.94. The summed E-state index contributed by atoms with van der Waals surface area (Å²) in [7, 11) is 0. The zero-order valence-electron chi connectivity index (χ0n) is 10.6. The third-order valence-corrected chi connectivity index (χ3v) is 3.00. The molecule has 1 fully saturated rings. The monoisotopic (exact) mass is 249 g/mol. The first-order valence-corrected chi connectivity index (χ1v) is 6.40. The van der Waals surface area contributed by atoms with Gasteiger partial charge in [0.25, 0.3) is 0 Å². The van der Waals surface area contributed by atoms with E-state index in [9.17, 15) is 4.79 Å². The zero-order chi connectivity index (χ0) is 13.0. The molecular formula is C14H19NO3. The van der Waals surface area contributed by atoms with Gasteiger partial charge in [-0.25, -0.2) is 4.79 Å². The van der Waals surface area contributed by atoms with Gasteiger partial charge in [0.2, 0.25) is 0 Å². The van der Waals surface area contributed by atoms with Crippen molar-refractivity contribution in [2.45, 2.75) is 26.2 Å². The Bertz CT molecular complexity index is 427. The standard InChI is InChI=1S/C14H19NO3/c1-2-17-13-6-5-11(9-12(13)15)14(16)18-8-7-10-3-4-10/h5-6,9-10H,2-4,7-8,15H2,1H3. The van der Waals surface area contributed by atoms with Crippen molar-refractivity contribution in [1.29, 1.82) is 0 Å². The Morgan fingerprint density at radius 2 is 2.22 bits per heavy atom. The fourth-order valence-electron chi connectivity index (χ4n) is 1.77. The van der Waals surface area contributed by atoms with Gasteiger partial charge in [-0.3, -0.25) is 0 Å². The first kappa shape index (κ1) is 12.7. The molecule has 0 aliphatic heterocycles. The van der Waals surface area contributed by atoms with Crippen LogP contribution in [0.4, 0.5) is 5.69 Å². The highest BCUT2D eigenvalue weighted by atomic mass is 16.5. The minimum atomic E-state index is -0.314. The molecule has 0 amide bonds. The first-order chi connectivity index (χ1) is 8.70. The molecule has 0 radical (unpaired) electrons. The maximum Gasteiger partial charge on any atom is 0.338 e. The highest BCUT2D eigenvalue weighted by Gasteiger charge is 2.21. The van der Waals surface area contributed by atoms with Crippen LogP contribution >= 0.6 is 0 Å². The summed E-state index contributed by atoms with van der Waals surface area (Å²) in [4.78, 5) is 11.7. The second kappa shape index (κ2) is 5.76. The van der Waals surface area contributed by atoms with Gasteiger partial charge in [0, 0.05) is 0 Å². The summed E-state index contributed by atoms with van der Waals surface area (Å²) < 4.78 is 10.5. The van der Waals surface area contributed by atoms with Crippen LogP contribution in [0.25, 0.3) is 0 Å². The molecular weight excluding hydrogens is 230 g/mol. The highest BCUT2D eigenvalue weighted by Crippen LogP contribution is 2.32. The van der Waals surface area contributed by atoms with Crippen LogP contribution in [-0.4, -0.2) is 19.2 Å². The lowest BCUT2D eigenvalue weighted by Crippen LogP contribution is -2.08. The smallest absolute Gasteiger partial charge is 0.338 e. The van der Waals surface area contributed by atoms with Gasteiger partial charge in [0.15, 0.2) is 0 Å². The van der Waals surface area contributed by atoms with Crippen LogP contribution in [0.15, 0.2) is 18.2 Å². The number of anilines is 1. The molecule has 4 nitrogen and oxygen atoms in total. The van der Waals surface area contributed by atoms with Gasteiger partial charge in [-0.15, -0.1) is 0 Å². The fraction of sp³-hybridized carbons (Fsp3) is 0.500. The first-order valence-electron chi connectivity index (χ1n) is 6.40. The zero-order valence-corrected chi connectivity index (χ0v) is 10.6. The van der Waals surface area contributed by atoms with E-state index in [-0.39, 0.29) is 5.97 Å². The molecule has 0 unspecified atom stereocenters. The van der Waals surface area contributed by atoms with Crippen molar-refractivity contribution in [2.24, 2.45) is 5.92 Å². The van der Waals surface area contributed by atoms with E-state index in [0.717, 1.165) is 12.3 Å². The predicted molar refractivity (Wildman–Crippen MR) is 69.6 cm³/mol. The number of hydrogen-bond donors (Lipinski definition) is 1. The number of benzene rings is 1. The number of ether oxygens (including phenoxy) is 2. The van der Waals surface area contributed by atoms with E-state index in [1.165, 1.54) is 12.8 Å². The molecule has 1 aromatic rings. The topological polar surface area (TPSA) is 61.5 Å². The van der Waals surface area contributed by atoms with Crippen molar-refractivity contribution in [3.63, 3.8) is 0 Å². The number of carbonyl (C=O) groups is 1. The molecule has 1 saturated carbocycles. The van der Waals surface area contributed by atoms with Crippen molar-refractivity contribution in [3.8, 4) is 5.75 Å². The lowest BCUT2D eigenvalue weighted by molar-refractivity contribution is 0.0495. The summed E-state index contributed by atoms with van der Waals surface area (Å²) in [6.07, 6.45) is 3.51. The molecule has 1 aliphatic rings. The van der Waals surface area contributed by atoms with Crippen LogP contribution in [0.2, 0.25) is 0 Å². The van der Waals surface area contributed by atoms with Crippen molar-refractivity contribution < 1.29 is 14.3 Å². The third kappa shape index (κ3) is 3.39. The van der Waals surface area contributed by atoms with Crippen LogP contribution in [0.3, 0.4) is 0 Å². The Labute approximate surface area is 107 Å². The molecule has 4 heteroatoms. The van der Waals surface area contributed by atoms with Gasteiger partial charge in [-0.05, 0) is 37.5 Å². The summed E-state index contributed by atoms with van der Waals surface area (Å²) in [5.41, 5.74) is 6.74. The number of nitrogen functional groups attached to an aromatic ring is 1. The van der Waals surface area contributed by atoms with Crippen molar-refractivity contribution in [1.82, 2.24) is 0 Å². The quantitative estimate of drug-likeness (QED) is 0.622. The number of esters is 1. The van der Waals surface area contributed by atoms with E-state index in [1.54, 1.807) is 18.2 Å². The van der Waals surface area contributed by atoms with Gasteiger partial charge in [-0.2, -0.15) is 0 Å². The maximum atomic E-state index is 11.7. The molecule has 0 heterocycles. The molecule has 1 aliphatic carbocycles. The van der Waals surface area contributed by atoms with E-state index in [4.69, 9.17) is 15.2 Å². The Morgan fingerprint density at radius 1 is 1.44 bits per heavy atom. The predicted octanol–water partition coefficient (Wildman–Crippen LogP) is 2.62. The second-order valence-electron chi connectivity index (χ2n) is 4.55. The number of rotatable bonds is 6. The van der Waals surface area contributed by atoms with Crippen molar-refractivity contribution in [2.75, 3.05) is 18.9 Å². The number of nitrogens with two attached hydrogens (primary N) is 1. The van der Waals surface area contributed by atoms with E-state index in [1.807, 2.05) is 6.92 Å². The minimum absolute atomic E-state index is 0.314. The average Bonchev–Trinajstić information content (AvgIpc) is 3.16. The molecule has 0 spiro atoms. The number of hydrogen-bond acceptors (Lipinski definition) is 4. The normalized spacial score (nSPS) is 14.3. The van der Waals surface area contributed by atoms with E-state index < -0.39 is 0 Å². The van der Waals surface area contributed by atoms with Crippen LogP contribution in [0.1, 0.15) is 36.5 Å². The molecule has 0 atom stereocenters. The minimum Gasteiger partial charge on any atom is -0.492 e. The molecule has 1 aromatic carbocycles. The van der Waals surface area contributed by atoms with Crippen LogP contribution < -0.4 is 10.5 Å². The molecule has 0 aromatic heterocycles. The van der Waals surface area contributed by atoms with Crippen LogP contribution in [0.5, 0.6) is 5.75 Å². The summed E-state index contributed by atoms with van der Waals surface area (Å²) >= 11 is 0. The lowest BCUT2D eigenvalue weighted by Gasteiger charge is -2.09. The Morgan fingerprint density at radius 3 is 2.83 bits per heavy atom. The van der Waals surface area contributed by atoms with E-state index >= 15 is 0 Å². The largest absolute Gasteiger partial charge is 0.492 e. The number of carbonyl (C=O) groups excluding carboxylic acids is 1. The third-order valence-electron chi connectivity index (χ3n) is 3.00. The molecule has 0 saturated heterocycles. The summed E-state index contributed by atoms with van der Waals surface area (Å²) in [5, 5.41) is 0. The lowest BCUT2D eigenvalue weighted by atomic mass is 10.2. The SMILES string of the molecule is CCOc1ccc(C(=O)OCCC2CC2)cc1N. The van der Waals surface area contributed by atoms with Crippen LogP contribution in [-0.2, 0) is 4.74 Å². The van der Waals surface area contributed by atoms with Crippen molar-refractivity contribution >= 4 is 11.7 Å². The van der Waals surface area contributed by atoms with Crippen LogP contribution in [0, 0.1) is 5.92 Å². The summed E-state index contributed by atoms with van der Waals surface area (Å²) in [6, 6.07) is 4.99. The molecule has 18 heavy (non-hydrogen) atoms. The average molecular weight is 249 g/mol. The van der Waals surface area contributed by atoms with E-state index in [0.29, 0.717) is 30.2 Å². The van der Waals surface area contributed by atoms with Gasteiger partial charge >= 0.3 is 5.97 Å². The van der Waals surface area contributed by atoms with Gasteiger partial charge in [-0.1, -0.05) is 12.8 Å². The molecule has 98 valence electrons. The Balaban J connectivity index is 1.90. The van der Waals surface area contributed by atoms with Gasteiger partial charge in [0.1, 0.15) is 5.75 Å². The Hall–Kier alpha value is -1.71. The van der Waals surface area contributed by atoms with Gasteiger partial charge in [0.05, 0.1) is 24.5 Å². The second-order valence-corrected chi connectivity index (χ2v) is 4.55. The molecule has 2 rings (SSSR count). The summed E-state index contributed by atoms with van der Waals surface area (Å²) in [5.74, 6) is 1.06. The molecule has 0 bridgehead atoms. The highest BCUT2D eigenvalue weighted by molar-refractivity contribution is 5.91. The fourth-order valence-corrected chi connectivity index (χ4v) is 1.77. The molecule has 2 N–H and O–H groups in total. The van der Waals surface area contributed by atoms with Gasteiger partial charge < -0.3 is 15.2 Å². The van der Waals surface area contributed by atoms with E-state index in [2.05, 4.69) is 0 Å². The van der Waals surface area contributed by atoms with Crippen molar-refractivity contribution in [3.05, 3.63) is 23.8 Å². The Kier molecular flexibility index (Phi) is 4.07.